The van der Waals surface area contributed by atoms with E-state index >= 15 is 0 Å². The van der Waals surface area contributed by atoms with Crippen LogP contribution >= 0.6 is 0 Å². The number of carbonyl (C=O) groups excluding carboxylic acids is 1. The fourth-order valence-electron chi connectivity index (χ4n) is 2.09. The number of nitrogens with two attached hydrogens (primary N) is 1. The van der Waals surface area contributed by atoms with Gasteiger partial charge in [0.1, 0.15) is 0 Å². The standard InChI is InChI=1S/C14H20N4O2/c1-10-4-3-5-11(2)12(10)16-13(15)17-14(19)18-6-8-20-9-7-18/h3-5H,6-9H2,1-2H3,(H3,15,16,17,19). The molecular weight excluding hydrogens is 256 g/mol. The van der Waals surface area contributed by atoms with Crippen LogP contribution in [0.25, 0.3) is 0 Å². The van der Waals surface area contributed by atoms with Gasteiger partial charge in [0, 0.05) is 13.1 Å². The summed E-state index contributed by atoms with van der Waals surface area (Å²) in [4.78, 5) is 17.9. The van der Waals surface area contributed by atoms with Gasteiger partial charge >= 0.3 is 6.03 Å². The Morgan fingerprint density at radius 1 is 1.30 bits per heavy atom. The lowest BCUT2D eigenvalue weighted by atomic mass is 10.1. The van der Waals surface area contributed by atoms with Crippen molar-refractivity contribution in [1.82, 2.24) is 10.2 Å². The molecule has 2 amide bonds. The van der Waals surface area contributed by atoms with Crippen LogP contribution in [0.4, 0.5) is 10.5 Å². The first-order valence-corrected chi connectivity index (χ1v) is 6.62. The zero-order valence-electron chi connectivity index (χ0n) is 11.8. The summed E-state index contributed by atoms with van der Waals surface area (Å²) >= 11 is 0. The lowest BCUT2D eigenvalue weighted by Crippen LogP contribution is -2.49. The molecule has 0 unspecified atom stereocenters. The summed E-state index contributed by atoms with van der Waals surface area (Å²) in [5, 5.41) is 2.61. The molecule has 1 aromatic carbocycles. The molecule has 0 spiro atoms. The molecule has 1 aliphatic heterocycles. The van der Waals surface area contributed by atoms with E-state index < -0.39 is 0 Å². The summed E-state index contributed by atoms with van der Waals surface area (Å²) in [6, 6.07) is 5.65. The van der Waals surface area contributed by atoms with Gasteiger partial charge in [0.05, 0.1) is 18.9 Å². The maximum atomic E-state index is 12.0. The molecule has 20 heavy (non-hydrogen) atoms. The quantitative estimate of drug-likeness (QED) is 0.599. The number of urea groups is 1. The van der Waals surface area contributed by atoms with Crippen LogP contribution in [0.2, 0.25) is 0 Å². The van der Waals surface area contributed by atoms with Crippen LogP contribution in [0.15, 0.2) is 23.2 Å². The third-order valence-corrected chi connectivity index (χ3v) is 3.21. The Balaban J connectivity index is 2.05. The number of ether oxygens (including phenoxy) is 1. The summed E-state index contributed by atoms with van der Waals surface area (Å²) < 4.78 is 5.20. The number of nitrogens with zero attached hydrogens (tertiary/aromatic N) is 2. The molecule has 108 valence electrons. The second kappa shape index (κ2) is 6.38. The molecule has 1 aliphatic rings. The monoisotopic (exact) mass is 276 g/mol. The average molecular weight is 276 g/mol. The van der Waals surface area contributed by atoms with Gasteiger partial charge in [0.25, 0.3) is 0 Å². The minimum atomic E-state index is -0.235. The second-order valence-electron chi connectivity index (χ2n) is 4.77. The number of hydrogen-bond donors (Lipinski definition) is 2. The number of benzene rings is 1. The highest BCUT2D eigenvalue weighted by atomic mass is 16.5. The number of morpholine rings is 1. The van der Waals surface area contributed by atoms with E-state index in [0.29, 0.717) is 26.3 Å². The van der Waals surface area contributed by atoms with Crippen LogP contribution < -0.4 is 11.1 Å². The van der Waals surface area contributed by atoms with Crippen molar-refractivity contribution >= 4 is 17.7 Å². The molecule has 3 N–H and O–H groups in total. The fraction of sp³-hybridized carbons (Fsp3) is 0.429. The Kier molecular flexibility index (Phi) is 4.57. The number of rotatable bonds is 1. The Labute approximate surface area is 118 Å². The average Bonchev–Trinajstić information content (AvgIpc) is 2.44. The predicted octanol–water partition coefficient (Wildman–Crippen LogP) is 1.29. The van der Waals surface area contributed by atoms with E-state index in [2.05, 4.69) is 10.3 Å². The summed E-state index contributed by atoms with van der Waals surface area (Å²) in [7, 11) is 0. The van der Waals surface area contributed by atoms with Crippen molar-refractivity contribution in [2.45, 2.75) is 13.8 Å². The molecule has 1 saturated heterocycles. The van der Waals surface area contributed by atoms with Crippen molar-refractivity contribution in [3.05, 3.63) is 29.3 Å². The van der Waals surface area contributed by atoms with Crippen molar-refractivity contribution in [1.29, 1.82) is 0 Å². The van der Waals surface area contributed by atoms with Crippen LogP contribution in [-0.4, -0.2) is 43.2 Å². The zero-order chi connectivity index (χ0) is 14.5. The Morgan fingerprint density at radius 2 is 1.90 bits per heavy atom. The zero-order valence-corrected chi connectivity index (χ0v) is 11.8. The van der Waals surface area contributed by atoms with Crippen LogP contribution in [-0.2, 0) is 4.74 Å². The molecular formula is C14H20N4O2. The number of guanidine groups is 1. The van der Waals surface area contributed by atoms with Crippen LogP contribution in [0.3, 0.4) is 0 Å². The predicted molar refractivity (Wildman–Crippen MR) is 78.1 cm³/mol. The topological polar surface area (TPSA) is 79.9 Å². The molecule has 0 atom stereocenters. The van der Waals surface area contributed by atoms with Crippen LogP contribution in [0.5, 0.6) is 0 Å². The number of carbonyl (C=O) groups is 1. The lowest BCUT2D eigenvalue weighted by molar-refractivity contribution is 0.0543. The molecule has 2 rings (SSSR count). The molecule has 6 nitrogen and oxygen atoms in total. The Morgan fingerprint density at radius 3 is 2.50 bits per heavy atom. The molecule has 6 heteroatoms. The van der Waals surface area contributed by atoms with Crippen LogP contribution in [0, 0.1) is 13.8 Å². The van der Waals surface area contributed by atoms with Crippen molar-refractivity contribution in [2.24, 2.45) is 10.7 Å². The third kappa shape index (κ3) is 3.48. The second-order valence-corrected chi connectivity index (χ2v) is 4.77. The molecule has 0 saturated carbocycles. The van der Waals surface area contributed by atoms with Crippen molar-refractivity contribution in [3.8, 4) is 0 Å². The molecule has 0 aliphatic carbocycles. The minimum absolute atomic E-state index is 0.110. The first kappa shape index (κ1) is 14.3. The summed E-state index contributed by atoms with van der Waals surface area (Å²) in [5.74, 6) is 0.110. The molecule has 1 aromatic rings. The van der Waals surface area contributed by atoms with E-state index in [0.717, 1.165) is 16.8 Å². The van der Waals surface area contributed by atoms with Gasteiger partial charge in [-0.25, -0.2) is 9.79 Å². The summed E-state index contributed by atoms with van der Waals surface area (Å²) in [6.45, 7) is 6.18. The van der Waals surface area contributed by atoms with Crippen molar-refractivity contribution in [2.75, 3.05) is 26.3 Å². The van der Waals surface area contributed by atoms with Gasteiger partial charge in [-0.15, -0.1) is 0 Å². The van der Waals surface area contributed by atoms with Gasteiger partial charge in [-0.3, -0.25) is 5.32 Å². The van der Waals surface area contributed by atoms with Gasteiger partial charge in [0.2, 0.25) is 5.96 Å². The van der Waals surface area contributed by atoms with E-state index in [1.54, 1.807) is 4.90 Å². The largest absolute Gasteiger partial charge is 0.378 e. The number of nitrogens with one attached hydrogen (secondary N) is 1. The van der Waals surface area contributed by atoms with E-state index in [-0.39, 0.29) is 12.0 Å². The van der Waals surface area contributed by atoms with Gasteiger partial charge in [0.15, 0.2) is 0 Å². The first-order chi connectivity index (χ1) is 9.58. The van der Waals surface area contributed by atoms with Crippen molar-refractivity contribution < 1.29 is 9.53 Å². The summed E-state index contributed by atoms with van der Waals surface area (Å²) in [5.41, 5.74) is 8.65. The smallest absolute Gasteiger partial charge is 0.324 e. The SMILES string of the molecule is Cc1cccc(C)c1N=C(N)NC(=O)N1CCOCC1. The van der Waals surface area contributed by atoms with Crippen LogP contribution in [0.1, 0.15) is 11.1 Å². The molecule has 1 fully saturated rings. The van der Waals surface area contributed by atoms with Gasteiger partial charge in [-0.1, -0.05) is 18.2 Å². The number of amides is 2. The molecule has 0 bridgehead atoms. The number of aliphatic imine (C=N–C) groups is 1. The number of aryl methyl sites for hydroxylation is 2. The molecule has 0 aromatic heterocycles. The maximum Gasteiger partial charge on any atom is 0.324 e. The summed E-state index contributed by atoms with van der Waals surface area (Å²) in [6.07, 6.45) is 0. The molecule has 0 radical (unpaired) electrons. The van der Waals surface area contributed by atoms with Gasteiger partial charge in [-0.2, -0.15) is 0 Å². The highest BCUT2D eigenvalue weighted by molar-refractivity contribution is 5.96. The Hall–Kier alpha value is -2.08. The van der Waals surface area contributed by atoms with Gasteiger partial charge in [-0.05, 0) is 25.0 Å². The number of hydrogen-bond acceptors (Lipinski definition) is 3. The highest BCUT2D eigenvalue weighted by Gasteiger charge is 2.17. The maximum absolute atomic E-state index is 12.0. The van der Waals surface area contributed by atoms with E-state index in [1.807, 2.05) is 32.0 Å². The van der Waals surface area contributed by atoms with E-state index in [9.17, 15) is 4.79 Å². The normalized spacial score (nSPS) is 16.1. The molecule has 1 heterocycles. The van der Waals surface area contributed by atoms with Gasteiger partial charge < -0.3 is 15.4 Å². The van der Waals surface area contributed by atoms with Crippen molar-refractivity contribution in [3.63, 3.8) is 0 Å². The first-order valence-electron chi connectivity index (χ1n) is 6.62. The fourth-order valence-corrected chi connectivity index (χ4v) is 2.09. The third-order valence-electron chi connectivity index (χ3n) is 3.21. The number of para-hydroxylation sites is 1. The lowest BCUT2D eigenvalue weighted by Gasteiger charge is -2.26. The highest BCUT2D eigenvalue weighted by Crippen LogP contribution is 2.22. The van der Waals surface area contributed by atoms with E-state index in [4.69, 9.17) is 10.5 Å². The van der Waals surface area contributed by atoms with E-state index in [1.165, 1.54) is 0 Å². The Bertz CT molecular complexity index is 502. The minimum Gasteiger partial charge on any atom is -0.378 e.